The highest BCUT2D eigenvalue weighted by Crippen LogP contribution is 2.39. The molecule has 0 aliphatic carbocycles. The number of halogens is 1. The number of fused-ring (bicyclic) bond motifs is 5. The smallest absolute Gasteiger partial charge is 0.248 e. The van der Waals surface area contributed by atoms with Gasteiger partial charge >= 0.3 is 0 Å². The maximum absolute atomic E-state index is 14.6. The van der Waals surface area contributed by atoms with Crippen molar-refractivity contribution in [2.45, 2.75) is 89.5 Å². The van der Waals surface area contributed by atoms with E-state index in [4.69, 9.17) is 17.3 Å². The number of allylic oxidation sites excluding steroid dienone is 4. The molecule has 16 nitrogen and oxygen atoms in total. The number of hydrogen-bond donors (Lipinski definition) is 8. The fourth-order valence-electron chi connectivity index (χ4n) is 7.42. The standard InChI is InChI=1S/C49H57ClN8O8/c1-6-32(33-13-16-35(50)17-14-33)12-10-28(2)45(62)55-39(9-7-8-23-51)49(66)58(5)44-34-15-20-43(61)38(27-34)37-25-31(11-19-42(37)60)26-40(56-46(63)30(4)54-48(44)65)47(64)53-29(3)41(59)21-18-36-22-24-52-57-36/h6,10-17,19-20,22,24-25,27,29-30,39-40,44,60-61H,1,7-9,18,21,23,26,51H2,2-5H3,(H,52,57)(H,53,64)(H,54,65)(H,55,62)(H,56,63)/b28-10+,32-12+/t29-,30-,39-,40-,44-/m0/s1. The lowest BCUT2D eigenvalue weighted by atomic mass is 9.93. The second-order valence-corrected chi connectivity index (χ2v) is 16.7. The molecular weight excluding hydrogens is 864 g/mol. The summed E-state index contributed by atoms with van der Waals surface area (Å²) in [5.41, 5.74) is 9.30. The van der Waals surface area contributed by atoms with E-state index < -0.39 is 59.7 Å². The summed E-state index contributed by atoms with van der Waals surface area (Å²) in [6.45, 7) is 8.77. The summed E-state index contributed by atoms with van der Waals surface area (Å²) in [6, 6.07) is 11.6. The molecule has 0 fully saturated rings. The van der Waals surface area contributed by atoms with Crippen LogP contribution in [0.15, 0.2) is 103 Å². The van der Waals surface area contributed by atoms with Gasteiger partial charge < -0.3 is 42.1 Å². The van der Waals surface area contributed by atoms with Crippen LogP contribution in [0, 0.1) is 0 Å². The molecule has 0 unspecified atom stereocenters. The largest absolute Gasteiger partial charge is 0.507 e. The van der Waals surface area contributed by atoms with Crippen LogP contribution in [0.25, 0.3) is 16.7 Å². The topological polar surface area (TPSA) is 249 Å². The first kappa shape index (κ1) is 50.0. The number of likely N-dealkylation sites (N-methyl/N-ethyl adjacent to an activating group) is 1. The number of ketones is 1. The summed E-state index contributed by atoms with van der Waals surface area (Å²) in [6.07, 6.45) is 8.11. The quantitative estimate of drug-likeness (QED) is 0.0411. The number of phenolic OH excluding ortho intramolecular Hbond substituents is 2. The van der Waals surface area contributed by atoms with E-state index in [-0.39, 0.29) is 58.8 Å². The van der Waals surface area contributed by atoms with Crippen LogP contribution in [0.4, 0.5) is 0 Å². The molecule has 0 radical (unpaired) electrons. The van der Waals surface area contributed by atoms with Crippen molar-refractivity contribution in [3.05, 3.63) is 131 Å². The summed E-state index contributed by atoms with van der Waals surface area (Å²) in [5, 5.41) is 40.5. The average Bonchev–Trinajstić information content (AvgIpc) is 3.82. The summed E-state index contributed by atoms with van der Waals surface area (Å²) in [4.78, 5) is 84.6. The highest BCUT2D eigenvalue weighted by Gasteiger charge is 2.36. The Balaban J connectivity index is 1.45. The zero-order valence-corrected chi connectivity index (χ0v) is 38.2. The SMILES string of the molecule is C=C/C(=C\C=C(/C)C(=O)N[C@@H](CCCCN)C(=O)N(C)[C@@H]1C(=O)N[C@@H](C)C(=O)N[C@H](C(=O)N[C@@H](C)C(=O)CCc2ccn[nH]2)Cc2ccc(O)c(c2)-c2cc1ccc2O)c1ccc(Cl)cc1. The Morgan fingerprint density at radius 1 is 0.955 bits per heavy atom. The first-order valence-electron chi connectivity index (χ1n) is 21.6. The summed E-state index contributed by atoms with van der Waals surface area (Å²) in [5.74, 6) is -4.15. The molecule has 5 atom stereocenters. The van der Waals surface area contributed by atoms with Gasteiger partial charge in [0.25, 0.3) is 0 Å². The van der Waals surface area contributed by atoms with E-state index in [2.05, 4.69) is 38.0 Å². The molecule has 0 saturated heterocycles. The Morgan fingerprint density at radius 3 is 2.32 bits per heavy atom. The molecule has 2 heterocycles. The maximum atomic E-state index is 14.6. The van der Waals surface area contributed by atoms with Crippen LogP contribution in [0.3, 0.4) is 0 Å². The number of H-pyrrole nitrogens is 1. The van der Waals surface area contributed by atoms with Crippen LogP contribution in [0.2, 0.25) is 5.02 Å². The number of rotatable bonds is 17. The van der Waals surface area contributed by atoms with Crippen LogP contribution < -0.4 is 27.0 Å². The van der Waals surface area contributed by atoms with E-state index >= 15 is 0 Å². The zero-order chi connectivity index (χ0) is 48.1. The third kappa shape index (κ3) is 13.0. The number of aromatic nitrogens is 2. The van der Waals surface area contributed by atoms with Gasteiger partial charge in [0.15, 0.2) is 5.78 Å². The van der Waals surface area contributed by atoms with Crippen molar-refractivity contribution in [3.8, 4) is 22.6 Å². The lowest BCUT2D eigenvalue weighted by Gasteiger charge is -2.32. The van der Waals surface area contributed by atoms with Crippen LogP contribution in [-0.4, -0.2) is 98.4 Å². The molecule has 0 spiro atoms. The van der Waals surface area contributed by atoms with E-state index in [1.54, 1.807) is 68.6 Å². The number of nitrogens with one attached hydrogen (secondary N) is 5. The van der Waals surface area contributed by atoms with Crippen LogP contribution >= 0.6 is 11.6 Å². The minimum absolute atomic E-state index is 0.0964. The Morgan fingerprint density at radius 2 is 1.65 bits per heavy atom. The summed E-state index contributed by atoms with van der Waals surface area (Å²) < 4.78 is 0. The first-order valence-corrected chi connectivity index (χ1v) is 22.0. The van der Waals surface area contributed by atoms with Crippen LogP contribution in [0.1, 0.15) is 74.9 Å². The van der Waals surface area contributed by atoms with E-state index in [9.17, 15) is 39.0 Å². The van der Waals surface area contributed by atoms with Gasteiger partial charge in [-0.2, -0.15) is 5.10 Å². The highest BCUT2D eigenvalue weighted by atomic mass is 35.5. The van der Waals surface area contributed by atoms with Gasteiger partial charge in [0.05, 0.1) is 6.04 Å². The number of phenols is 2. The molecule has 3 aromatic carbocycles. The fraction of sp³-hybridized carbons (Fsp3) is 0.327. The molecule has 66 heavy (non-hydrogen) atoms. The Hall–Kier alpha value is -7.04. The molecule has 1 aliphatic rings. The second kappa shape index (κ2) is 23.2. The number of aromatic amines is 1. The molecule has 5 rings (SSSR count). The Kier molecular flexibility index (Phi) is 17.6. The lowest BCUT2D eigenvalue weighted by molar-refractivity contribution is -0.142. The number of carbonyl (C=O) groups is 6. The zero-order valence-electron chi connectivity index (χ0n) is 37.4. The van der Waals surface area contributed by atoms with Crippen LogP contribution in [-0.2, 0) is 41.6 Å². The van der Waals surface area contributed by atoms with Gasteiger partial charge in [-0.15, -0.1) is 0 Å². The Bertz CT molecular complexity index is 2490. The predicted octanol–water partition coefficient (Wildman–Crippen LogP) is 4.72. The number of benzene rings is 3. The number of aromatic hydroxyl groups is 2. The molecule has 1 aliphatic heterocycles. The van der Waals surface area contributed by atoms with Gasteiger partial charge in [-0.05, 0) is 118 Å². The van der Waals surface area contributed by atoms with Gasteiger partial charge in [0.2, 0.25) is 29.5 Å². The van der Waals surface area contributed by atoms with Gasteiger partial charge in [-0.3, -0.25) is 33.9 Å². The molecule has 1 aromatic heterocycles. The second-order valence-electron chi connectivity index (χ2n) is 16.2. The predicted molar refractivity (Wildman–Crippen MR) is 252 cm³/mol. The summed E-state index contributed by atoms with van der Waals surface area (Å²) in [7, 11) is 1.39. The van der Waals surface area contributed by atoms with Gasteiger partial charge in [-0.25, -0.2) is 0 Å². The average molecular weight is 921 g/mol. The monoisotopic (exact) mass is 920 g/mol. The molecule has 4 bridgehead atoms. The van der Waals surface area contributed by atoms with Gasteiger partial charge in [0.1, 0.15) is 35.7 Å². The van der Waals surface area contributed by atoms with Crippen molar-refractivity contribution in [1.82, 2.24) is 36.4 Å². The van der Waals surface area contributed by atoms with E-state index in [1.807, 2.05) is 12.1 Å². The van der Waals surface area contributed by atoms with Gasteiger partial charge in [0, 0.05) is 53.5 Å². The lowest BCUT2D eigenvalue weighted by Crippen LogP contribution is -2.56. The number of aryl methyl sites for hydroxylation is 1. The number of nitrogens with zero attached hydrogens (tertiary/aromatic N) is 2. The first-order chi connectivity index (χ1) is 31.5. The van der Waals surface area contributed by atoms with E-state index in [0.29, 0.717) is 36.4 Å². The minimum Gasteiger partial charge on any atom is -0.507 e. The third-order valence-corrected chi connectivity index (χ3v) is 11.6. The summed E-state index contributed by atoms with van der Waals surface area (Å²) >= 11 is 6.06. The molecule has 17 heteroatoms. The van der Waals surface area contributed by atoms with Crippen molar-refractivity contribution in [2.75, 3.05) is 13.6 Å². The van der Waals surface area contributed by atoms with Crippen LogP contribution in [0.5, 0.6) is 11.5 Å². The number of Topliss-reactive ketones (excluding diaryl/α,β-unsaturated/α-hetero) is 1. The number of carbonyl (C=O) groups excluding carboxylic acids is 6. The molecule has 348 valence electrons. The molecule has 9 N–H and O–H groups in total. The molecule has 5 amide bonds. The fourth-order valence-corrected chi connectivity index (χ4v) is 7.54. The number of hydrogen-bond acceptors (Lipinski definition) is 10. The number of nitrogens with two attached hydrogens (primary N) is 1. The van der Waals surface area contributed by atoms with Crippen molar-refractivity contribution < 1.29 is 39.0 Å². The normalized spacial score (nSPS) is 17.6. The van der Waals surface area contributed by atoms with Crippen molar-refractivity contribution >= 4 is 52.5 Å². The van der Waals surface area contributed by atoms with Crippen molar-refractivity contribution in [1.29, 1.82) is 0 Å². The van der Waals surface area contributed by atoms with Crippen molar-refractivity contribution in [3.63, 3.8) is 0 Å². The number of amides is 5. The van der Waals surface area contributed by atoms with Crippen molar-refractivity contribution in [2.24, 2.45) is 5.73 Å². The molecular formula is C49H57ClN8O8. The minimum atomic E-state index is -1.45. The van der Waals surface area contributed by atoms with Gasteiger partial charge in [-0.1, -0.05) is 60.7 Å². The molecule has 0 saturated carbocycles. The molecule has 4 aromatic rings. The van der Waals surface area contributed by atoms with E-state index in [1.165, 1.54) is 38.2 Å². The third-order valence-electron chi connectivity index (χ3n) is 11.4. The van der Waals surface area contributed by atoms with E-state index in [0.717, 1.165) is 21.7 Å². The Labute approximate surface area is 388 Å². The maximum Gasteiger partial charge on any atom is 0.248 e. The highest BCUT2D eigenvalue weighted by molar-refractivity contribution is 6.30. The number of unbranched alkanes of at least 4 members (excludes halogenated alkanes) is 1.